The maximum atomic E-state index is 12.1. The molecule has 2 amide bonds. The van der Waals surface area contributed by atoms with Crippen LogP contribution in [0.2, 0.25) is 0 Å². The van der Waals surface area contributed by atoms with E-state index in [4.69, 9.17) is 10.5 Å². The minimum atomic E-state index is -0.538. The number of nitrogens with one attached hydrogen (secondary N) is 1. The normalized spacial score (nSPS) is 10.8. The first-order chi connectivity index (χ1) is 12.5. The third-order valence-electron chi connectivity index (χ3n) is 3.91. The van der Waals surface area contributed by atoms with Crippen molar-refractivity contribution >= 4 is 34.4 Å². The molecule has 0 bridgehead atoms. The van der Waals surface area contributed by atoms with E-state index < -0.39 is 5.91 Å². The number of methoxy groups -OCH3 is 1. The molecule has 0 aliphatic heterocycles. The van der Waals surface area contributed by atoms with E-state index in [-0.39, 0.29) is 5.91 Å². The van der Waals surface area contributed by atoms with Gasteiger partial charge in [-0.2, -0.15) is 0 Å². The van der Waals surface area contributed by atoms with Crippen molar-refractivity contribution in [1.29, 1.82) is 0 Å². The predicted octanol–water partition coefficient (Wildman–Crippen LogP) is 3.60. The van der Waals surface area contributed by atoms with Gasteiger partial charge in [-0.25, -0.2) is 0 Å². The first kappa shape index (κ1) is 17.2. The fraction of sp³-hybridized carbons (Fsp3) is 0.0476. The summed E-state index contributed by atoms with van der Waals surface area (Å²) in [7, 11) is 1.63. The summed E-state index contributed by atoms with van der Waals surface area (Å²) in [6, 6.07) is 18.2. The molecule has 3 N–H and O–H groups in total. The van der Waals surface area contributed by atoms with Crippen LogP contribution in [-0.4, -0.2) is 18.9 Å². The number of anilines is 1. The van der Waals surface area contributed by atoms with Gasteiger partial charge in [-0.15, -0.1) is 0 Å². The van der Waals surface area contributed by atoms with Crippen LogP contribution in [0.15, 0.2) is 66.7 Å². The largest absolute Gasteiger partial charge is 0.497 e. The summed E-state index contributed by atoms with van der Waals surface area (Å²) in [5.41, 5.74) is 7.00. The number of hydrogen-bond donors (Lipinski definition) is 2. The molecule has 0 atom stereocenters. The van der Waals surface area contributed by atoms with E-state index in [1.165, 1.54) is 12.1 Å². The van der Waals surface area contributed by atoms with E-state index in [1.807, 2.05) is 36.4 Å². The van der Waals surface area contributed by atoms with E-state index >= 15 is 0 Å². The highest BCUT2D eigenvalue weighted by molar-refractivity contribution is 6.03. The van der Waals surface area contributed by atoms with Gasteiger partial charge in [0, 0.05) is 17.3 Å². The highest BCUT2D eigenvalue weighted by atomic mass is 16.5. The molecule has 5 heteroatoms. The molecule has 0 unspecified atom stereocenters. The molecule has 5 nitrogen and oxygen atoms in total. The maximum absolute atomic E-state index is 12.1. The van der Waals surface area contributed by atoms with Crippen LogP contribution in [0, 0.1) is 0 Å². The van der Waals surface area contributed by atoms with Gasteiger partial charge in [0.25, 0.3) is 0 Å². The Hall–Kier alpha value is -3.60. The fourth-order valence-electron chi connectivity index (χ4n) is 2.58. The zero-order chi connectivity index (χ0) is 18.5. The molecule has 0 radical (unpaired) electrons. The summed E-state index contributed by atoms with van der Waals surface area (Å²) in [6.45, 7) is 0. The number of amides is 2. The van der Waals surface area contributed by atoms with E-state index in [2.05, 4.69) is 5.32 Å². The second kappa shape index (κ2) is 7.53. The Morgan fingerprint density at radius 2 is 1.77 bits per heavy atom. The molecule has 0 fully saturated rings. The zero-order valence-corrected chi connectivity index (χ0v) is 14.2. The Balaban J connectivity index is 1.72. The van der Waals surface area contributed by atoms with Crippen molar-refractivity contribution in [3.05, 3.63) is 77.9 Å². The number of rotatable bonds is 5. The molecule has 0 saturated heterocycles. The summed E-state index contributed by atoms with van der Waals surface area (Å²) in [4.78, 5) is 23.3. The number of hydrogen-bond acceptors (Lipinski definition) is 3. The van der Waals surface area contributed by atoms with Crippen molar-refractivity contribution in [2.24, 2.45) is 5.73 Å². The first-order valence-electron chi connectivity index (χ1n) is 8.02. The summed E-state index contributed by atoms with van der Waals surface area (Å²) in [5, 5.41) is 4.83. The minimum absolute atomic E-state index is 0.290. The monoisotopic (exact) mass is 346 g/mol. The fourth-order valence-corrected chi connectivity index (χ4v) is 2.58. The summed E-state index contributed by atoms with van der Waals surface area (Å²) in [6.07, 6.45) is 3.18. The number of carbonyl (C=O) groups excluding carboxylic acids is 2. The van der Waals surface area contributed by atoms with E-state index in [0.717, 1.165) is 22.1 Å². The third kappa shape index (κ3) is 4.08. The van der Waals surface area contributed by atoms with Crippen LogP contribution in [-0.2, 0) is 4.79 Å². The smallest absolute Gasteiger partial charge is 0.248 e. The third-order valence-corrected chi connectivity index (χ3v) is 3.91. The molecule has 0 saturated carbocycles. The number of fused-ring (bicyclic) bond motifs is 1. The Morgan fingerprint density at radius 1 is 1.00 bits per heavy atom. The van der Waals surface area contributed by atoms with Crippen LogP contribution in [0.3, 0.4) is 0 Å². The Kier molecular flexibility index (Phi) is 4.99. The van der Waals surface area contributed by atoms with Gasteiger partial charge < -0.3 is 15.8 Å². The molecular formula is C21H18N2O3. The number of nitrogens with two attached hydrogens (primary N) is 1. The number of benzene rings is 3. The van der Waals surface area contributed by atoms with Gasteiger partial charge in [-0.3, -0.25) is 9.59 Å². The second-order valence-corrected chi connectivity index (χ2v) is 5.74. The standard InChI is InChI=1S/C21H18N2O3/c1-26-19-9-8-15-11-14(5-7-16(15)13-19)6-10-20(24)23-18-4-2-3-17(12-18)21(22)25/h2-13H,1H3,(H2,22,25)(H,23,24). The summed E-state index contributed by atoms with van der Waals surface area (Å²) < 4.78 is 5.22. The summed E-state index contributed by atoms with van der Waals surface area (Å²) in [5.74, 6) is -0.0238. The van der Waals surface area contributed by atoms with Crippen LogP contribution in [0.5, 0.6) is 5.75 Å². The van der Waals surface area contributed by atoms with Crippen molar-refractivity contribution in [3.8, 4) is 5.75 Å². The van der Waals surface area contributed by atoms with E-state index in [1.54, 1.807) is 31.4 Å². The van der Waals surface area contributed by atoms with Gasteiger partial charge in [0.1, 0.15) is 5.75 Å². The van der Waals surface area contributed by atoms with Gasteiger partial charge in [-0.05, 0) is 58.8 Å². The Labute approximate surface area is 151 Å². The molecular weight excluding hydrogens is 328 g/mol. The van der Waals surface area contributed by atoms with Crippen LogP contribution in [0.4, 0.5) is 5.69 Å². The first-order valence-corrected chi connectivity index (χ1v) is 8.02. The van der Waals surface area contributed by atoms with Crippen LogP contribution in [0.25, 0.3) is 16.8 Å². The Bertz CT molecular complexity index is 1010. The predicted molar refractivity (Wildman–Crippen MR) is 103 cm³/mol. The molecule has 3 aromatic carbocycles. The topological polar surface area (TPSA) is 81.4 Å². The van der Waals surface area contributed by atoms with Gasteiger partial charge in [-0.1, -0.05) is 24.3 Å². The Morgan fingerprint density at radius 3 is 2.54 bits per heavy atom. The van der Waals surface area contributed by atoms with E-state index in [9.17, 15) is 9.59 Å². The van der Waals surface area contributed by atoms with Gasteiger partial charge in [0.05, 0.1) is 7.11 Å². The highest BCUT2D eigenvalue weighted by Gasteiger charge is 2.03. The molecule has 0 spiro atoms. The maximum Gasteiger partial charge on any atom is 0.248 e. The SMILES string of the molecule is COc1ccc2cc(C=CC(=O)Nc3cccc(C(N)=O)c3)ccc2c1. The highest BCUT2D eigenvalue weighted by Crippen LogP contribution is 2.22. The minimum Gasteiger partial charge on any atom is -0.497 e. The van der Waals surface area contributed by atoms with Gasteiger partial charge in [0.2, 0.25) is 11.8 Å². The van der Waals surface area contributed by atoms with Crippen molar-refractivity contribution in [2.45, 2.75) is 0 Å². The van der Waals surface area contributed by atoms with Crippen LogP contribution >= 0.6 is 0 Å². The van der Waals surface area contributed by atoms with Crippen molar-refractivity contribution < 1.29 is 14.3 Å². The quantitative estimate of drug-likeness (QED) is 0.693. The number of ether oxygens (including phenoxy) is 1. The lowest BCUT2D eigenvalue weighted by Crippen LogP contribution is -2.12. The summed E-state index contributed by atoms with van der Waals surface area (Å²) >= 11 is 0. The lowest BCUT2D eigenvalue weighted by molar-refractivity contribution is -0.111. The number of primary amides is 1. The van der Waals surface area contributed by atoms with Crippen molar-refractivity contribution in [2.75, 3.05) is 12.4 Å². The molecule has 0 aromatic heterocycles. The molecule has 3 rings (SSSR count). The van der Waals surface area contributed by atoms with Crippen LogP contribution in [0.1, 0.15) is 15.9 Å². The van der Waals surface area contributed by atoms with Crippen LogP contribution < -0.4 is 15.8 Å². The molecule has 0 aliphatic rings. The molecule has 0 aliphatic carbocycles. The van der Waals surface area contributed by atoms with Gasteiger partial charge >= 0.3 is 0 Å². The zero-order valence-electron chi connectivity index (χ0n) is 14.2. The average molecular weight is 346 g/mol. The molecule has 130 valence electrons. The number of carbonyl (C=O) groups is 2. The molecule has 3 aromatic rings. The average Bonchev–Trinajstić information content (AvgIpc) is 2.66. The lowest BCUT2D eigenvalue weighted by atomic mass is 10.1. The van der Waals surface area contributed by atoms with E-state index in [0.29, 0.717) is 11.3 Å². The molecule has 26 heavy (non-hydrogen) atoms. The van der Waals surface area contributed by atoms with Crippen molar-refractivity contribution in [3.63, 3.8) is 0 Å². The van der Waals surface area contributed by atoms with Gasteiger partial charge in [0.15, 0.2) is 0 Å². The molecule has 0 heterocycles. The lowest BCUT2D eigenvalue weighted by Gasteiger charge is -2.04. The van der Waals surface area contributed by atoms with Crippen molar-refractivity contribution in [1.82, 2.24) is 0 Å². The second-order valence-electron chi connectivity index (χ2n) is 5.74.